The molecule has 0 spiro atoms. The number of thiophene rings is 1. The quantitative estimate of drug-likeness (QED) is 0.596. The van der Waals surface area contributed by atoms with Gasteiger partial charge in [0.05, 0.1) is 11.8 Å². The summed E-state index contributed by atoms with van der Waals surface area (Å²) in [4.78, 5) is 25.6. The van der Waals surface area contributed by atoms with Crippen LogP contribution in [0.2, 0.25) is 0 Å². The van der Waals surface area contributed by atoms with Crippen LogP contribution >= 0.6 is 11.3 Å². The minimum Gasteiger partial charge on any atom is -0.491 e. The van der Waals surface area contributed by atoms with Gasteiger partial charge in [0.25, 0.3) is 0 Å². The number of amides is 1. The summed E-state index contributed by atoms with van der Waals surface area (Å²) in [6.45, 7) is 3.94. The molecule has 148 valence electrons. The summed E-state index contributed by atoms with van der Waals surface area (Å²) >= 11 is 1.24. The van der Waals surface area contributed by atoms with Crippen molar-refractivity contribution in [1.82, 2.24) is 0 Å². The standard InChI is InChI=1S/C23H21NO4S/c1-13(2)28-16-10-8-14(9-11-16)17-12-18(25)24-20-19(15-6-4-3-5-7-15)22(23(26)27)29-21(17)20/h3-11,13,17H,12H2,1-2H3,(H,24,25)(H,26,27). The number of rotatable bonds is 5. The lowest BCUT2D eigenvalue weighted by Gasteiger charge is -2.24. The normalized spacial score (nSPS) is 15.7. The van der Waals surface area contributed by atoms with E-state index in [1.54, 1.807) is 0 Å². The second-order valence-corrected chi connectivity index (χ2v) is 8.31. The number of anilines is 1. The lowest BCUT2D eigenvalue weighted by atomic mass is 9.88. The molecule has 2 aromatic carbocycles. The van der Waals surface area contributed by atoms with Gasteiger partial charge in [-0.25, -0.2) is 4.79 Å². The van der Waals surface area contributed by atoms with Crippen LogP contribution in [0.15, 0.2) is 54.6 Å². The third kappa shape index (κ3) is 3.76. The molecule has 1 aliphatic heterocycles. The van der Waals surface area contributed by atoms with E-state index >= 15 is 0 Å². The third-order valence-electron chi connectivity index (χ3n) is 4.82. The molecule has 1 aliphatic rings. The zero-order chi connectivity index (χ0) is 20.5. The number of benzene rings is 2. The molecule has 0 fully saturated rings. The Bertz CT molecular complexity index is 1050. The zero-order valence-corrected chi connectivity index (χ0v) is 17.0. The van der Waals surface area contributed by atoms with Crippen molar-refractivity contribution in [2.45, 2.75) is 32.3 Å². The third-order valence-corrected chi connectivity index (χ3v) is 6.11. The van der Waals surface area contributed by atoms with Crippen molar-refractivity contribution >= 4 is 28.9 Å². The first kappa shape index (κ1) is 19.2. The SMILES string of the molecule is CC(C)Oc1ccc(C2CC(=O)Nc3c2sc(C(=O)O)c3-c2ccccc2)cc1. The van der Waals surface area contributed by atoms with Gasteiger partial charge in [-0.1, -0.05) is 42.5 Å². The minimum absolute atomic E-state index is 0.0803. The summed E-state index contributed by atoms with van der Waals surface area (Å²) in [5.41, 5.74) is 2.94. The van der Waals surface area contributed by atoms with Crippen LogP contribution in [0, 0.1) is 0 Å². The molecule has 1 unspecified atom stereocenters. The van der Waals surface area contributed by atoms with E-state index in [1.807, 2.05) is 68.4 Å². The Morgan fingerprint density at radius 2 is 1.83 bits per heavy atom. The second-order valence-electron chi connectivity index (χ2n) is 7.26. The molecule has 2 N–H and O–H groups in total. The summed E-state index contributed by atoms with van der Waals surface area (Å²) in [5.74, 6) is -0.520. The Kier molecular flexibility index (Phi) is 5.11. The molecule has 4 rings (SSSR count). The fourth-order valence-electron chi connectivity index (χ4n) is 3.64. The number of aromatic carboxylic acids is 1. The van der Waals surface area contributed by atoms with E-state index in [2.05, 4.69) is 5.32 Å². The van der Waals surface area contributed by atoms with Gasteiger partial charge in [-0.2, -0.15) is 0 Å². The van der Waals surface area contributed by atoms with Gasteiger partial charge in [0.1, 0.15) is 10.6 Å². The maximum Gasteiger partial charge on any atom is 0.346 e. The van der Waals surface area contributed by atoms with Crippen LogP contribution in [0.4, 0.5) is 5.69 Å². The Balaban J connectivity index is 1.81. The van der Waals surface area contributed by atoms with E-state index in [4.69, 9.17) is 4.74 Å². The van der Waals surface area contributed by atoms with Crippen molar-refractivity contribution in [1.29, 1.82) is 0 Å². The van der Waals surface area contributed by atoms with E-state index in [0.717, 1.165) is 21.8 Å². The Labute approximate surface area is 173 Å². The van der Waals surface area contributed by atoms with Crippen LogP contribution in [-0.4, -0.2) is 23.1 Å². The van der Waals surface area contributed by atoms with Gasteiger partial charge in [0, 0.05) is 22.8 Å². The highest BCUT2D eigenvalue weighted by molar-refractivity contribution is 7.15. The summed E-state index contributed by atoms with van der Waals surface area (Å²) < 4.78 is 5.71. The lowest BCUT2D eigenvalue weighted by molar-refractivity contribution is -0.116. The maximum atomic E-state index is 12.5. The first-order chi connectivity index (χ1) is 13.9. The average Bonchev–Trinajstić information content (AvgIpc) is 3.08. The first-order valence-corrected chi connectivity index (χ1v) is 10.3. The maximum absolute atomic E-state index is 12.5. The molecular formula is C23H21NO4S. The van der Waals surface area contributed by atoms with Crippen molar-refractivity contribution in [3.05, 3.63) is 69.9 Å². The molecule has 0 bridgehead atoms. The van der Waals surface area contributed by atoms with Gasteiger partial charge < -0.3 is 15.2 Å². The van der Waals surface area contributed by atoms with Crippen molar-refractivity contribution < 1.29 is 19.4 Å². The highest BCUT2D eigenvalue weighted by Crippen LogP contribution is 2.49. The summed E-state index contributed by atoms with van der Waals surface area (Å²) in [5, 5.41) is 12.7. The molecule has 29 heavy (non-hydrogen) atoms. The van der Waals surface area contributed by atoms with Crippen molar-refractivity contribution in [3.8, 4) is 16.9 Å². The molecule has 2 heterocycles. The van der Waals surface area contributed by atoms with Gasteiger partial charge in [0.15, 0.2) is 0 Å². The van der Waals surface area contributed by atoms with Crippen LogP contribution in [0.5, 0.6) is 5.75 Å². The topological polar surface area (TPSA) is 75.6 Å². The number of carbonyl (C=O) groups excluding carboxylic acids is 1. The second kappa shape index (κ2) is 7.72. The molecule has 1 amide bonds. The first-order valence-electron chi connectivity index (χ1n) is 9.46. The number of carboxylic acid groups (broad SMARTS) is 1. The summed E-state index contributed by atoms with van der Waals surface area (Å²) in [6, 6.07) is 17.0. The Morgan fingerprint density at radius 3 is 2.45 bits per heavy atom. The van der Waals surface area contributed by atoms with Gasteiger partial charge in [-0.3, -0.25) is 4.79 Å². The fraction of sp³-hybridized carbons (Fsp3) is 0.217. The molecule has 5 nitrogen and oxygen atoms in total. The van der Waals surface area contributed by atoms with Crippen molar-refractivity contribution in [2.24, 2.45) is 0 Å². The smallest absolute Gasteiger partial charge is 0.346 e. The van der Waals surface area contributed by atoms with Crippen LogP contribution in [0.1, 0.15) is 46.3 Å². The molecule has 1 atom stereocenters. The van der Waals surface area contributed by atoms with Gasteiger partial charge in [0.2, 0.25) is 5.91 Å². The van der Waals surface area contributed by atoms with Gasteiger partial charge in [-0.15, -0.1) is 11.3 Å². The average molecular weight is 407 g/mol. The number of hydrogen-bond donors (Lipinski definition) is 2. The molecule has 0 saturated heterocycles. The van der Waals surface area contributed by atoms with Gasteiger partial charge in [-0.05, 0) is 37.1 Å². The van der Waals surface area contributed by atoms with Crippen LogP contribution in [-0.2, 0) is 4.79 Å². The molecule has 3 aromatic rings. The Morgan fingerprint density at radius 1 is 1.14 bits per heavy atom. The van der Waals surface area contributed by atoms with Gasteiger partial charge >= 0.3 is 5.97 Å². The van der Waals surface area contributed by atoms with E-state index in [1.165, 1.54) is 11.3 Å². The number of nitrogens with one attached hydrogen (secondary N) is 1. The number of hydrogen-bond acceptors (Lipinski definition) is 4. The van der Waals surface area contributed by atoms with Crippen LogP contribution < -0.4 is 10.1 Å². The summed E-state index contributed by atoms with van der Waals surface area (Å²) in [7, 11) is 0. The van der Waals surface area contributed by atoms with Crippen LogP contribution in [0.25, 0.3) is 11.1 Å². The monoisotopic (exact) mass is 407 g/mol. The molecule has 0 radical (unpaired) electrons. The van der Waals surface area contributed by atoms with E-state index in [0.29, 0.717) is 11.3 Å². The number of carboxylic acids is 1. The number of fused-ring (bicyclic) bond motifs is 1. The van der Waals surface area contributed by atoms with E-state index in [9.17, 15) is 14.7 Å². The minimum atomic E-state index is -0.989. The van der Waals surface area contributed by atoms with Crippen molar-refractivity contribution in [3.63, 3.8) is 0 Å². The molecule has 1 aromatic heterocycles. The van der Waals surface area contributed by atoms with Crippen LogP contribution in [0.3, 0.4) is 0 Å². The predicted molar refractivity (Wildman–Crippen MR) is 114 cm³/mol. The molecule has 0 aliphatic carbocycles. The van der Waals surface area contributed by atoms with E-state index < -0.39 is 5.97 Å². The lowest BCUT2D eigenvalue weighted by Crippen LogP contribution is -2.22. The largest absolute Gasteiger partial charge is 0.491 e. The Hall–Kier alpha value is -3.12. The molecular weight excluding hydrogens is 386 g/mol. The highest BCUT2D eigenvalue weighted by Gasteiger charge is 2.34. The molecule has 0 saturated carbocycles. The fourth-order valence-corrected chi connectivity index (χ4v) is 4.88. The van der Waals surface area contributed by atoms with E-state index in [-0.39, 0.29) is 29.2 Å². The predicted octanol–water partition coefficient (Wildman–Crippen LogP) is 5.37. The zero-order valence-electron chi connectivity index (χ0n) is 16.1. The number of carbonyl (C=O) groups is 2. The summed E-state index contributed by atoms with van der Waals surface area (Å²) in [6.07, 6.45) is 0.363. The molecule has 6 heteroatoms. The van der Waals surface area contributed by atoms with Crippen molar-refractivity contribution in [2.75, 3.05) is 5.32 Å². The highest BCUT2D eigenvalue weighted by atomic mass is 32.1. The number of ether oxygens (including phenoxy) is 1.